The van der Waals surface area contributed by atoms with Crippen molar-refractivity contribution in [1.82, 2.24) is 15.2 Å². The number of halogens is 2. The van der Waals surface area contributed by atoms with Gasteiger partial charge in [-0.05, 0) is 35.9 Å². The molecule has 0 fully saturated rings. The molecule has 0 radical (unpaired) electrons. The smallest absolute Gasteiger partial charge is 0.256 e. The van der Waals surface area contributed by atoms with Crippen molar-refractivity contribution in [3.05, 3.63) is 101 Å². The van der Waals surface area contributed by atoms with Crippen molar-refractivity contribution >= 4 is 11.8 Å². The summed E-state index contributed by atoms with van der Waals surface area (Å²) in [5.74, 6) is -1.30. The van der Waals surface area contributed by atoms with Crippen molar-refractivity contribution < 1.29 is 18.4 Å². The second kappa shape index (κ2) is 8.41. The molecule has 2 aromatic carbocycles. The Bertz CT molecular complexity index is 1090. The first-order valence-electron chi connectivity index (χ1n) is 9.53. The van der Waals surface area contributed by atoms with Gasteiger partial charge in [0.2, 0.25) is 5.91 Å². The molecule has 4 rings (SSSR count). The van der Waals surface area contributed by atoms with Gasteiger partial charge in [0.1, 0.15) is 11.6 Å². The molecular weight excluding hydrogens is 388 g/mol. The van der Waals surface area contributed by atoms with E-state index in [1.54, 1.807) is 53.6 Å². The van der Waals surface area contributed by atoms with Crippen LogP contribution in [0.2, 0.25) is 0 Å². The Labute approximate surface area is 172 Å². The minimum atomic E-state index is -0.556. The summed E-state index contributed by atoms with van der Waals surface area (Å²) in [5.41, 5.74) is 2.11. The maximum absolute atomic E-state index is 13.8. The van der Waals surface area contributed by atoms with Crippen molar-refractivity contribution in [1.29, 1.82) is 0 Å². The number of rotatable bonds is 6. The highest BCUT2D eigenvalue weighted by molar-refractivity contribution is 5.99. The molecule has 30 heavy (non-hydrogen) atoms. The van der Waals surface area contributed by atoms with Crippen LogP contribution in [0.15, 0.2) is 66.9 Å². The fourth-order valence-electron chi connectivity index (χ4n) is 3.57. The lowest BCUT2D eigenvalue weighted by Crippen LogP contribution is -2.32. The molecule has 5 nitrogen and oxygen atoms in total. The topological polar surface area (TPSA) is 62.3 Å². The van der Waals surface area contributed by atoms with Gasteiger partial charge in [-0.2, -0.15) is 0 Å². The number of hydrogen-bond acceptors (Lipinski definition) is 3. The second-order valence-corrected chi connectivity index (χ2v) is 7.08. The van der Waals surface area contributed by atoms with Crippen LogP contribution in [-0.2, 0) is 17.9 Å². The maximum atomic E-state index is 13.8. The molecule has 1 aliphatic heterocycles. The van der Waals surface area contributed by atoms with Gasteiger partial charge in [-0.15, -0.1) is 0 Å². The second-order valence-electron chi connectivity index (χ2n) is 7.08. The molecule has 0 bridgehead atoms. The molecule has 0 aliphatic carbocycles. The average molecular weight is 407 g/mol. The highest BCUT2D eigenvalue weighted by Crippen LogP contribution is 2.35. The zero-order valence-electron chi connectivity index (χ0n) is 16.0. The van der Waals surface area contributed by atoms with Gasteiger partial charge in [0.15, 0.2) is 0 Å². The summed E-state index contributed by atoms with van der Waals surface area (Å²) in [5, 5.41) is 2.71. The van der Waals surface area contributed by atoms with Crippen LogP contribution in [0.1, 0.15) is 39.6 Å². The number of aromatic nitrogens is 1. The summed E-state index contributed by atoms with van der Waals surface area (Å²) in [7, 11) is 0. The third-order valence-electron chi connectivity index (χ3n) is 5.10. The van der Waals surface area contributed by atoms with E-state index in [4.69, 9.17) is 0 Å². The van der Waals surface area contributed by atoms with Crippen molar-refractivity contribution in [3.63, 3.8) is 0 Å². The van der Waals surface area contributed by atoms with E-state index >= 15 is 0 Å². The van der Waals surface area contributed by atoms with Gasteiger partial charge >= 0.3 is 0 Å². The minimum Gasteiger partial charge on any atom is -0.352 e. The summed E-state index contributed by atoms with van der Waals surface area (Å²) >= 11 is 0. The van der Waals surface area contributed by atoms with Crippen LogP contribution >= 0.6 is 0 Å². The molecule has 3 aromatic rings. The van der Waals surface area contributed by atoms with Crippen LogP contribution < -0.4 is 5.32 Å². The summed E-state index contributed by atoms with van der Waals surface area (Å²) < 4.78 is 27.0. The number of fused-ring (bicyclic) bond motifs is 1. The van der Waals surface area contributed by atoms with Crippen LogP contribution in [0.25, 0.3) is 0 Å². The Morgan fingerprint density at radius 2 is 1.80 bits per heavy atom. The molecule has 0 saturated heterocycles. The molecule has 1 N–H and O–H groups in total. The molecule has 1 atom stereocenters. The van der Waals surface area contributed by atoms with Crippen molar-refractivity contribution in [2.45, 2.75) is 25.6 Å². The molecule has 0 spiro atoms. The molecule has 7 heteroatoms. The van der Waals surface area contributed by atoms with Crippen molar-refractivity contribution in [2.24, 2.45) is 0 Å². The Morgan fingerprint density at radius 1 is 1.03 bits per heavy atom. The first-order chi connectivity index (χ1) is 14.5. The standard InChI is InChI=1S/C23H19F2N3O2/c24-17-9-7-15(8-10-17)14-28-20(22-18(23(28)30)5-3-11-26-22)12-21(29)27-13-16-4-1-2-6-19(16)25/h1-11,20H,12-14H2,(H,27,29)/t20-/m1/s1. The molecule has 152 valence electrons. The fraction of sp³-hybridized carbons (Fsp3) is 0.174. The SMILES string of the molecule is O=C(C[C@@H]1c2ncccc2C(=O)N1Cc1ccc(F)cc1)NCc1ccccc1F. The van der Waals surface area contributed by atoms with E-state index in [0.29, 0.717) is 16.8 Å². The summed E-state index contributed by atoms with van der Waals surface area (Å²) in [6.07, 6.45) is 1.57. The van der Waals surface area contributed by atoms with Gasteiger partial charge < -0.3 is 10.2 Å². The third-order valence-corrected chi connectivity index (χ3v) is 5.10. The zero-order valence-corrected chi connectivity index (χ0v) is 16.0. The summed E-state index contributed by atoms with van der Waals surface area (Å²) in [6.45, 7) is 0.278. The van der Waals surface area contributed by atoms with Crippen LogP contribution in [0.3, 0.4) is 0 Å². The molecule has 0 unspecified atom stereocenters. The van der Waals surface area contributed by atoms with Gasteiger partial charge in [0, 0.05) is 24.8 Å². The lowest BCUT2D eigenvalue weighted by atomic mass is 10.1. The number of benzene rings is 2. The van der Waals surface area contributed by atoms with E-state index in [-0.39, 0.29) is 37.1 Å². The lowest BCUT2D eigenvalue weighted by molar-refractivity contribution is -0.122. The largest absolute Gasteiger partial charge is 0.352 e. The average Bonchev–Trinajstić information content (AvgIpc) is 3.01. The Balaban J connectivity index is 1.51. The van der Waals surface area contributed by atoms with E-state index in [1.165, 1.54) is 18.2 Å². The van der Waals surface area contributed by atoms with Gasteiger partial charge in [-0.3, -0.25) is 14.6 Å². The number of pyridine rings is 1. The molecule has 2 heterocycles. The van der Waals surface area contributed by atoms with Crippen LogP contribution in [0, 0.1) is 11.6 Å². The van der Waals surface area contributed by atoms with Crippen molar-refractivity contribution in [3.8, 4) is 0 Å². The third kappa shape index (κ3) is 4.05. The first-order valence-corrected chi connectivity index (χ1v) is 9.53. The predicted molar refractivity (Wildman–Crippen MR) is 106 cm³/mol. The number of amides is 2. The zero-order chi connectivity index (χ0) is 21.1. The summed E-state index contributed by atoms with van der Waals surface area (Å²) in [6, 6.07) is 14.9. The Kier molecular flexibility index (Phi) is 5.52. The van der Waals surface area contributed by atoms with Crippen LogP contribution in [0.5, 0.6) is 0 Å². The van der Waals surface area contributed by atoms with Gasteiger partial charge in [0.05, 0.1) is 23.7 Å². The number of hydrogen-bond donors (Lipinski definition) is 1. The Hall–Kier alpha value is -3.61. The van der Waals surface area contributed by atoms with E-state index in [9.17, 15) is 18.4 Å². The van der Waals surface area contributed by atoms with Crippen molar-refractivity contribution in [2.75, 3.05) is 0 Å². The number of carbonyl (C=O) groups excluding carboxylic acids is 2. The predicted octanol–water partition coefficient (Wildman–Crippen LogP) is 3.76. The lowest BCUT2D eigenvalue weighted by Gasteiger charge is -2.24. The summed E-state index contributed by atoms with van der Waals surface area (Å²) in [4.78, 5) is 31.4. The van der Waals surface area contributed by atoms with E-state index in [2.05, 4.69) is 10.3 Å². The number of carbonyl (C=O) groups is 2. The Morgan fingerprint density at radius 3 is 2.57 bits per heavy atom. The first kappa shape index (κ1) is 19.7. The van der Waals surface area contributed by atoms with E-state index in [1.807, 2.05) is 0 Å². The van der Waals surface area contributed by atoms with Crippen LogP contribution in [0.4, 0.5) is 8.78 Å². The van der Waals surface area contributed by atoms with Gasteiger partial charge in [-0.25, -0.2) is 8.78 Å². The monoisotopic (exact) mass is 407 g/mol. The highest BCUT2D eigenvalue weighted by atomic mass is 19.1. The number of nitrogens with zero attached hydrogens (tertiary/aromatic N) is 2. The number of nitrogens with one attached hydrogen (secondary N) is 1. The maximum Gasteiger partial charge on any atom is 0.256 e. The molecule has 1 aromatic heterocycles. The van der Waals surface area contributed by atoms with Crippen LogP contribution in [-0.4, -0.2) is 21.7 Å². The quantitative estimate of drug-likeness (QED) is 0.677. The van der Waals surface area contributed by atoms with E-state index < -0.39 is 11.9 Å². The highest BCUT2D eigenvalue weighted by Gasteiger charge is 2.38. The molecule has 0 saturated carbocycles. The van der Waals surface area contributed by atoms with Gasteiger partial charge in [-0.1, -0.05) is 30.3 Å². The minimum absolute atomic E-state index is 0.00853. The van der Waals surface area contributed by atoms with E-state index in [0.717, 1.165) is 5.56 Å². The molecule has 1 aliphatic rings. The normalized spacial score (nSPS) is 15.2. The fourth-order valence-corrected chi connectivity index (χ4v) is 3.57. The molecular formula is C23H19F2N3O2. The molecule has 2 amide bonds. The van der Waals surface area contributed by atoms with Gasteiger partial charge in [0.25, 0.3) is 5.91 Å².